The van der Waals surface area contributed by atoms with Crippen molar-refractivity contribution in [2.75, 3.05) is 6.54 Å². The first-order valence-electron chi connectivity index (χ1n) is 6.86. The molecular formula is C14H19N3O3S3. The standard InChI is InChI=1S/C14H19N3O3S3/c1-14(2,15)9-16-13(18)12-11(5-7-22-12)23(19,20)17-8-10-4-3-6-21-10/h3-7,17H,8-9,15H2,1-2H3,(H,16,18). The van der Waals surface area contributed by atoms with Crippen LogP contribution in [-0.2, 0) is 16.6 Å². The Kier molecular flexibility index (Phi) is 5.58. The number of carbonyl (C=O) groups excluding carboxylic acids is 1. The van der Waals surface area contributed by atoms with Crippen LogP contribution in [0.25, 0.3) is 0 Å². The van der Waals surface area contributed by atoms with Crippen LogP contribution in [0.15, 0.2) is 33.9 Å². The highest BCUT2D eigenvalue weighted by molar-refractivity contribution is 7.89. The van der Waals surface area contributed by atoms with E-state index in [9.17, 15) is 13.2 Å². The third-order valence-corrected chi connectivity index (χ3v) is 6.21. The average molecular weight is 374 g/mol. The van der Waals surface area contributed by atoms with E-state index in [4.69, 9.17) is 5.73 Å². The van der Waals surface area contributed by atoms with Gasteiger partial charge in [0.2, 0.25) is 10.0 Å². The maximum atomic E-state index is 12.4. The summed E-state index contributed by atoms with van der Waals surface area (Å²) in [6, 6.07) is 5.13. The molecule has 0 aliphatic heterocycles. The van der Waals surface area contributed by atoms with Gasteiger partial charge in [-0.15, -0.1) is 22.7 Å². The van der Waals surface area contributed by atoms with Crippen molar-refractivity contribution in [2.45, 2.75) is 30.8 Å². The number of hydrogen-bond acceptors (Lipinski definition) is 6. The predicted molar refractivity (Wildman–Crippen MR) is 93.3 cm³/mol. The monoisotopic (exact) mass is 373 g/mol. The van der Waals surface area contributed by atoms with Crippen LogP contribution in [0.5, 0.6) is 0 Å². The van der Waals surface area contributed by atoms with Gasteiger partial charge in [0, 0.05) is 23.5 Å². The van der Waals surface area contributed by atoms with Crippen LogP contribution >= 0.6 is 22.7 Å². The van der Waals surface area contributed by atoms with E-state index >= 15 is 0 Å². The Morgan fingerprint density at radius 2 is 2.00 bits per heavy atom. The van der Waals surface area contributed by atoms with Crippen LogP contribution in [0, 0.1) is 0 Å². The van der Waals surface area contributed by atoms with Gasteiger partial charge in [0.1, 0.15) is 9.77 Å². The van der Waals surface area contributed by atoms with E-state index in [0.717, 1.165) is 16.2 Å². The molecule has 4 N–H and O–H groups in total. The normalized spacial score (nSPS) is 12.3. The predicted octanol–water partition coefficient (Wildman–Crippen LogP) is 1.76. The zero-order valence-corrected chi connectivity index (χ0v) is 15.3. The number of rotatable bonds is 7. The number of nitrogens with one attached hydrogen (secondary N) is 2. The number of thiophene rings is 2. The van der Waals surface area contributed by atoms with Gasteiger partial charge in [-0.25, -0.2) is 13.1 Å². The highest BCUT2D eigenvalue weighted by Gasteiger charge is 2.24. The quantitative estimate of drug-likeness (QED) is 0.688. The molecule has 2 heterocycles. The first-order valence-corrected chi connectivity index (χ1v) is 10.1. The lowest BCUT2D eigenvalue weighted by atomic mass is 10.1. The van der Waals surface area contributed by atoms with Gasteiger partial charge >= 0.3 is 0 Å². The first kappa shape index (κ1) is 18.1. The van der Waals surface area contributed by atoms with E-state index in [0.29, 0.717) is 0 Å². The van der Waals surface area contributed by atoms with Gasteiger partial charge in [0.05, 0.1) is 0 Å². The summed E-state index contributed by atoms with van der Waals surface area (Å²) in [5, 5.41) is 6.13. The molecule has 126 valence electrons. The van der Waals surface area contributed by atoms with E-state index in [-0.39, 0.29) is 22.9 Å². The third-order valence-electron chi connectivity index (χ3n) is 2.85. The summed E-state index contributed by atoms with van der Waals surface area (Å²) >= 11 is 2.55. The number of amides is 1. The van der Waals surface area contributed by atoms with Crippen LogP contribution in [0.3, 0.4) is 0 Å². The Bertz CT molecular complexity index is 759. The summed E-state index contributed by atoms with van der Waals surface area (Å²) in [5.41, 5.74) is 5.26. The minimum atomic E-state index is -3.75. The molecule has 2 aromatic rings. The number of sulfonamides is 1. The maximum Gasteiger partial charge on any atom is 0.262 e. The fraction of sp³-hybridized carbons (Fsp3) is 0.357. The van der Waals surface area contributed by atoms with Crippen molar-refractivity contribution >= 4 is 38.6 Å². The lowest BCUT2D eigenvalue weighted by Gasteiger charge is -2.18. The zero-order chi connectivity index (χ0) is 17.1. The Morgan fingerprint density at radius 1 is 1.26 bits per heavy atom. The Hall–Kier alpha value is -1.26. The second-order valence-electron chi connectivity index (χ2n) is 5.69. The third kappa shape index (κ3) is 5.11. The molecule has 0 bridgehead atoms. The van der Waals surface area contributed by atoms with E-state index in [1.807, 2.05) is 17.5 Å². The Labute approximate surface area is 143 Å². The van der Waals surface area contributed by atoms with Gasteiger partial charge in [-0.2, -0.15) is 0 Å². The Morgan fingerprint density at radius 3 is 2.61 bits per heavy atom. The van der Waals surface area contributed by atoms with Crippen LogP contribution in [0.1, 0.15) is 28.4 Å². The molecule has 0 unspecified atom stereocenters. The molecule has 0 aliphatic rings. The van der Waals surface area contributed by atoms with Crippen LogP contribution in [-0.4, -0.2) is 26.4 Å². The summed E-state index contributed by atoms with van der Waals surface area (Å²) in [7, 11) is -3.75. The zero-order valence-electron chi connectivity index (χ0n) is 12.8. The fourth-order valence-corrected chi connectivity index (χ4v) is 4.80. The Balaban J connectivity index is 2.11. The molecule has 9 heteroatoms. The molecule has 2 aromatic heterocycles. The lowest BCUT2D eigenvalue weighted by Crippen LogP contribution is -2.45. The van der Waals surface area contributed by atoms with E-state index in [1.165, 1.54) is 17.4 Å². The first-order chi connectivity index (χ1) is 10.7. The molecule has 0 saturated heterocycles. The van der Waals surface area contributed by atoms with Crippen molar-refractivity contribution < 1.29 is 13.2 Å². The highest BCUT2D eigenvalue weighted by Crippen LogP contribution is 2.22. The molecule has 6 nitrogen and oxygen atoms in total. The van der Waals surface area contributed by atoms with Gasteiger partial charge < -0.3 is 11.1 Å². The largest absolute Gasteiger partial charge is 0.349 e. The van der Waals surface area contributed by atoms with Crippen molar-refractivity contribution in [1.29, 1.82) is 0 Å². The summed E-state index contributed by atoms with van der Waals surface area (Å²) in [6.07, 6.45) is 0. The minimum Gasteiger partial charge on any atom is -0.349 e. The van der Waals surface area contributed by atoms with E-state index in [1.54, 1.807) is 19.2 Å². The molecular weight excluding hydrogens is 354 g/mol. The highest BCUT2D eigenvalue weighted by atomic mass is 32.2. The SMILES string of the molecule is CC(C)(N)CNC(=O)c1sccc1S(=O)(=O)NCc1cccs1. The molecule has 0 spiro atoms. The van der Waals surface area contributed by atoms with E-state index in [2.05, 4.69) is 10.0 Å². The smallest absolute Gasteiger partial charge is 0.262 e. The van der Waals surface area contributed by atoms with Crippen LogP contribution < -0.4 is 15.8 Å². The number of nitrogens with two attached hydrogens (primary N) is 1. The molecule has 0 atom stereocenters. The minimum absolute atomic E-state index is 0.00798. The molecule has 0 radical (unpaired) electrons. The van der Waals surface area contributed by atoms with Gasteiger partial charge in [-0.3, -0.25) is 4.79 Å². The van der Waals surface area contributed by atoms with Gasteiger partial charge in [-0.1, -0.05) is 6.07 Å². The molecule has 0 saturated carbocycles. The number of carbonyl (C=O) groups is 1. The van der Waals surface area contributed by atoms with Gasteiger partial charge in [-0.05, 0) is 36.7 Å². The van der Waals surface area contributed by atoms with Crippen molar-refractivity contribution in [2.24, 2.45) is 5.73 Å². The van der Waals surface area contributed by atoms with Crippen molar-refractivity contribution in [3.63, 3.8) is 0 Å². The van der Waals surface area contributed by atoms with Crippen LogP contribution in [0.4, 0.5) is 0 Å². The topological polar surface area (TPSA) is 101 Å². The molecule has 2 rings (SSSR count). The van der Waals surface area contributed by atoms with Gasteiger partial charge in [0.25, 0.3) is 5.91 Å². The summed E-state index contributed by atoms with van der Waals surface area (Å²) < 4.78 is 27.3. The average Bonchev–Trinajstić information content (AvgIpc) is 3.12. The summed E-state index contributed by atoms with van der Waals surface area (Å²) in [5.74, 6) is -0.435. The van der Waals surface area contributed by atoms with Gasteiger partial charge in [0.15, 0.2) is 0 Å². The number of hydrogen-bond donors (Lipinski definition) is 3. The lowest BCUT2D eigenvalue weighted by molar-refractivity contribution is 0.0947. The maximum absolute atomic E-state index is 12.4. The fourth-order valence-electron chi connectivity index (χ4n) is 1.72. The summed E-state index contributed by atoms with van der Waals surface area (Å²) in [4.78, 5) is 13.3. The van der Waals surface area contributed by atoms with Crippen molar-refractivity contribution in [3.8, 4) is 0 Å². The molecule has 1 amide bonds. The molecule has 0 aliphatic carbocycles. The molecule has 0 aromatic carbocycles. The van der Waals surface area contributed by atoms with Crippen molar-refractivity contribution in [1.82, 2.24) is 10.0 Å². The second kappa shape index (κ2) is 7.10. The van der Waals surface area contributed by atoms with Crippen LogP contribution in [0.2, 0.25) is 0 Å². The summed E-state index contributed by atoms with van der Waals surface area (Å²) in [6.45, 7) is 4.02. The second-order valence-corrected chi connectivity index (χ2v) is 9.37. The molecule has 23 heavy (non-hydrogen) atoms. The van der Waals surface area contributed by atoms with E-state index < -0.39 is 21.5 Å². The van der Waals surface area contributed by atoms with Crippen molar-refractivity contribution in [3.05, 3.63) is 38.7 Å². The molecule has 0 fully saturated rings.